The zero-order valence-electron chi connectivity index (χ0n) is 11.7. The summed E-state index contributed by atoms with van der Waals surface area (Å²) in [6.07, 6.45) is 1.78. The molecule has 3 rings (SSSR count). The quantitative estimate of drug-likeness (QED) is 0.778. The zero-order valence-corrected chi connectivity index (χ0v) is 12.5. The van der Waals surface area contributed by atoms with Crippen molar-refractivity contribution in [2.24, 2.45) is 0 Å². The molecule has 0 spiro atoms. The van der Waals surface area contributed by atoms with E-state index >= 15 is 0 Å². The van der Waals surface area contributed by atoms with Crippen molar-refractivity contribution >= 4 is 23.1 Å². The van der Waals surface area contributed by atoms with Gasteiger partial charge in [-0.1, -0.05) is 6.07 Å². The van der Waals surface area contributed by atoms with Crippen molar-refractivity contribution < 1.29 is 4.79 Å². The summed E-state index contributed by atoms with van der Waals surface area (Å²) >= 11 is 1.59. The molecule has 0 saturated carbocycles. The monoisotopic (exact) mass is 298 g/mol. The molecule has 0 saturated heterocycles. The van der Waals surface area contributed by atoms with E-state index in [0.717, 1.165) is 22.0 Å². The molecule has 3 aromatic heterocycles. The van der Waals surface area contributed by atoms with Crippen LogP contribution >= 0.6 is 11.3 Å². The van der Waals surface area contributed by atoms with Gasteiger partial charge in [0.05, 0.1) is 10.7 Å². The minimum absolute atomic E-state index is 0.216. The fourth-order valence-electron chi connectivity index (χ4n) is 1.97. The van der Waals surface area contributed by atoms with E-state index in [1.165, 1.54) is 0 Å². The Morgan fingerprint density at radius 3 is 2.86 bits per heavy atom. The number of aryl methyl sites for hydroxylation is 2. The number of H-pyrrole nitrogens is 1. The van der Waals surface area contributed by atoms with Crippen LogP contribution in [-0.4, -0.2) is 20.9 Å². The Kier molecular flexibility index (Phi) is 3.53. The number of aromatic amines is 1. The molecule has 0 aliphatic carbocycles. The fraction of sp³-hybridized carbons (Fsp3) is 0.133. The molecule has 106 valence electrons. The lowest BCUT2D eigenvalue weighted by Gasteiger charge is -2.03. The minimum Gasteiger partial charge on any atom is -0.357 e. The van der Waals surface area contributed by atoms with E-state index in [2.05, 4.69) is 20.3 Å². The number of aromatic nitrogens is 3. The van der Waals surface area contributed by atoms with E-state index in [0.29, 0.717) is 11.5 Å². The van der Waals surface area contributed by atoms with Crippen LogP contribution in [0.15, 0.2) is 35.8 Å². The fourth-order valence-corrected chi connectivity index (χ4v) is 2.59. The molecule has 0 unspecified atom stereocenters. The Balaban J connectivity index is 1.78. The highest BCUT2D eigenvalue weighted by Crippen LogP contribution is 2.22. The van der Waals surface area contributed by atoms with Crippen molar-refractivity contribution in [2.45, 2.75) is 13.8 Å². The predicted octanol–water partition coefficient (Wildman–Crippen LogP) is 3.40. The summed E-state index contributed by atoms with van der Waals surface area (Å²) in [5.74, 6) is 0.326. The van der Waals surface area contributed by atoms with E-state index in [4.69, 9.17) is 0 Å². The number of rotatable bonds is 3. The number of pyridine rings is 1. The van der Waals surface area contributed by atoms with Crippen molar-refractivity contribution in [3.63, 3.8) is 0 Å². The highest BCUT2D eigenvalue weighted by Gasteiger charge is 2.11. The van der Waals surface area contributed by atoms with Gasteiger partial charge in [-0.3, -0.25) is 4.79 Å². The number of thiazole rings is 1. The maximum Gasteiger partial charge on any atom is 0.273 e. The number of anilines is 1. The Labute approximate surface area is 126 Å². The van der Waals surface area contributed by atoms with E-state index < -0.39 is 0 Å². The van der Waals surface area contributed by atoms with Gasteiger partial charge in [-0.15, -0.1) is 11.3 Å². The third-order valence-corrected chi connectivity index (χ3v) is 3.75. The maximum atomic E-state index is 12.2. The van der Waals surface area contributed by atoms with Gasteiger partial charge >= 0.3 is 0 Å². The smallest absolute Gasteiger partial charge is 0.273 e. The maximum absolute atomic E-state index is 12.2. The molecule has 3 aromatic rings. The number of hydrogen-bond acceptors (Lipinski definition) is 4. The molecule has 21 heavy (non-hydrogen) atoms. The van der Waals surface area contributed by atoms with Gasteiger partial charge in [0.25, 0.3) is 5.91 Å². The molecule has 0 aliphatic rings. The minimum atomic E-state index is -0.216. The standard InChI is InChI=1S/C15H14N4OS/c1-9-4-3-5-14(17-9)19-15(20)12-6-11(7-16-12)13-8-21-10(2)18-13/h3-8,16H,1-2H3,(H,17,19,20). The van der Waals surface area contributed by atoms with E-state index in [1.807, 2.05) is 31.4 Å². The summed E-state index contributed by atoms with van der Waals surface area (Å²) in [6, 6.07) is 7.29. The molecule has 2 N–H and O–H groups in total. The molecule has 0 bridgehead atoms. The van der Waals surface area contributed by atoms with Gasteiger partial charge in [0, 0.05) is 22.8 Å². The average molecular weight is 298 g/mol. The van der Waals surface area contributed by atoms with Crippen molar-refractivity contribution in [3.8, 4) is 11.3 Å². The lowest BCUT2D eigenvalue weighted by molar-refractivity contribution is 0.102. The molecule has 6 heteroatoms. The lowest BCUT2D eigenvalue weighted by Crippen LogP contribution is -2.13. The van der Waals surface area contributed by atoms with Gasteiger partial charge in [-0.25, -0.2) is 9.97 Å². The van der Waals surface area contributed by atoms with Gasteiger partial charge in [0.2, 0.25) is 0 Å². The highest BCUT2D eigenvalue weighted by molar-refractivity contribution is 7.09. The first-order valence-corrected chi connectivity index (χ1v) is 7.36. The number of nitrogens with zero attached hydrogens (tertiary/aromatic N) is 2. The van der Waals surface area contributed by atoms with Crippen molar-refractivity contribution in [2.75, 3.05) is 5.32 Å². The van der Waals surface area contributed by atoms with Gasteiger partial charge in [0.1, 0.15) is 11.5 Å². The third-order valence-electron chi connectivity index (χ3n) is 2.97. The summed E-state index contributed by atoms with van der Waals surface area (Å²) in [4.78, 5) is 23.8. The lowest BCUT2D eigenvalue weighted by atomic mass is 10.2. The molecular formula is C15H14N4OS. The first kappa shape index (κ1) is 13.5. The number of carbonyl (C=O) groups excluding carboxylic acids is 1. The van der Waals surface area contributed by atoms with Gasteiger partial charge in [-0.2, -0.15) is 0 Å². The summed E-state index contributed by atoms with van der Waals surface area (Å²) in [7, 11) is 0. The summed E-state index contributed by atoms with van der Waals surface area (Å²) in [6.45, 7) is 3.84. The second-order valence-corrected chi connectivity index (χ2v) is 5.73. The Morgan fingerprint density at radius 2 is 2.14 bits per heavy atom. The van der Waals surface area contributed by atoms with Crippen LogP contribution in [0.4, 0.5) is 5.82 Å². The van der Waals surface area contributed by atoms with E-state index in [-0.39, 0.29) is 5.91 Å². The number of carbonyl (C=O) groups is 1. The van der Waals surface area contributed by atoms with E-state index in [9.17, 15) is 4.79 Å². The highest BCUT2D eigenvalue weighted by atomic mass is 32.1. The Bertz CT molecular complexity index is 790. The summed E-state index contributed by atoms with van der Waals surface area (Å²) in [5, 5.41) is 5.75. The number of nitrogens with one attached hydrogen (secondary N) is 2. The Hall–Kier alpha value is -2.47. The molecule has 0 aliphatic heterocycles. The number of hydrogen-bond donors (Lipinski definition) is 2. The molecule has 0 atom stereocenters. The predicted molar refractivity (Wildman–Crippen MR) is 83.6 cm³/mol. The second-order valence-electron chi connectivity index (χ2n) is 4.67. The zero-order chi connectivity index (χ0) is 14.8. The first-order chi connectivity index (χ1) is 10.1. The normalized spacial score (nSPS) is 10.6. The topological polar surface area (TPSA) is 70.7 Å². The van der Waals surface area contributed by atoms with Crippen LogP contribution < -0.4 is 5.32 Å². The van der Waals surface area contributed by atoms with Crippen LogP contribution in [0, 0.1) is 13.8 Å². The third kappa shape index (κ3) is 3.00. The average Bonchev–Trinajstić information content (AvgIpc) is 3.07. The second kappa shape index (κ2) is 5.49. The van der Waals surface area contributed by atoms with Crippen LogP contribution in [0.3, 0.4) is 0 Å². The van der Waals surface area contributed by atoms with Crippen LogP contribution in [0.5, 0.6) is 0 Å². The number of amides is 1. The summed E-state index contributed by atoms with van der Waals surface area (Å²) < 4.78 is 0. The van der Waals surface area contributed by atoms with Crippen molar-refractivity contribution in [1.82, 2.24) is 15.0 Å². The largest absolute Gasteiger partial charge is 0.357 e. The first-order valence-electron chi connectivity index (χ1n) is 6.48. The van der Waals surface area contributed by atoms with Crippen LogP contribution in [-0.2, 0) is 0 Å². The molecule has 0 aromatic carbocycles. The van der Waals surface area contributed by atoms with E-state index in [1.54, 1.807) is 29.7 Å². The van der Waals surface area contributed by atoms with Gasteiger partial charge < -0.3 is 10.3 Å². The van der Waals surface area contributed by atoms with Crippen LogP contribution in [0.1, 0.15) is 21.2 Å². The molecule has 0 fully saturated rings. The molecule has 3 heterocycles. The van der Waals surface area contributed by atoms with Gasteiger partial charge in [0.15, 0.2) is 0 Å². The van der Waals surface area contributed by atoms with Crippen LogP contribution in [0.2, 0.25) is 0 Å². The van der Waals surface area contributed by atoms with Crippen molar-refractivity contribution in [3.05, 3.63) is 52.2 Å². The van der Waals surface area contributed by atoms with Gasteiger partial charge in [-0.05, 0) is 32.0 Å². The Morgan fingerprint density at radius 1 is 1.29 bits per heavy atom. The van der Waals surface area contributed by atoms with Crippen LogP contribution in [0.25, 0.3) is 11.3 Å². The summed E-state index contributed by atoms with van der Waals surface area (Å²) in [5.41, 5.74) is 3.13. The van der Waals surface area contributed by atoms with Crippen molar-refractivity contribution in [1.29, 1.82) is 0 Å². The molecular weight excluding hydrogens is 284 g/mol. The molecule has 5 nitrogen and oxygen atoms in total. The molecule has 1 amide bonds. The SMILES string of the molecule is Cc1cccc(NC(=O)c2cc(-c3csc(C)n3)c[nH]2)n1. The molecule has 0 radical (unpaired) electrons.